The first kappa shape index (κ1) is 14.6. The molecule has 96 valence electrons. The second-order valence-corrected chi connectivity index (χ2v) is 6.62. The Morgan fingerprint density at radius 3 is 1.94 bits per heavy atom. The van der Waals surface area contributed by atoms with Gasteiger partial charge in [0, 0.05) is 50.8 Å². The predicted molar refractivity (Wildman–Crippen MR) is 75.9 cm³/mol. The highest BCUT2D eigenvalue weighted by molar-refractivity contribution is 8.76. The molecule has 0 spiro atoms. The molecule has 1 rings (SSSR count). The van der Waals surface area contributed by atoms with E-state index in [4.69, 9.17) is 5.73 Å². The molecule has 0 bridgehead atoms. The lowest BCUT2D eigenvalue weighted by Crippen LogP contribution is -2.46. The Kier molecular flexibility index (Phi) is 8.72. The normalized spacial score (nSPS) is 25.1. The molecule has 4 N–H and O–H groups in total. The van der Waals surface area contributed by atoms with Gasteiger partial charge in [0.1, 0.15) is 0 Å². The Balaban J connectivity index is 2.26. The van der Waals surface area contributed by atoms with Gasteiger partial charge in [-0.15, -0.1) is 0 Å². The summed E-state index contributed by atoms with van der Waals surface area (Å²) < 4.78 is 0. The molecule has 6 heteroatoms. The molecule has 0 aromatic heterocycles. The van der Waals surface area contributed by atoms with Crippen LogP contribution in [0.25, 0.3) is 0 Å². The summed E-state index contributed by atoms with van der Waals surface area (Å²) in [7, 11) is 3.91. The summed E-state index contributed by atoms with van der Waals surface area (Å²) in [6, 6.07) is 0. The van der Waals surface area contributed by atoms with Crippen LogP contribution in [0.15, 0.2) is 0 Å². The van der Waals surface area contributed by atoms with E-state index in [0.717, 1.165) is 39.3 Å². The molecule has 0 saturated carbocycles. The molecule has 16 heavy (non-hydrogen) atoms. The maximum atomic E-state index is 5.94. The van der Waals surface area contributed by atoms with Crippen molar-refractivity contribution in [2.45, 2.75) is 13.1 Å². The summed E-state index contributed by atoms with van der Waals surface area (Å²) in [5.41, 5.74) is 5.94. The first-order valence-electron chi connectivity index (χ1n) is 5.96. The van der Waals surface area contributed by atoms with Gasteiger partial charge >= 0.3 is 0 Å². The van der Waals surface area contributed by atoms with Crippen molar-refractivity contribution in [3.8, 4) is 0 Å². The molecule has 1 atom stereocenters. The van der Waals surface area contributed by atoms with E-state index < -0.39 is 0 Å². The van der Waals surface area contributed by atoms with Gasteiger partial charge in [0.15, 0.2) is 0 Å². The lowest BCUT2D eigenvalue weighted by atomic mass is 10.4. The molecular formula is C10H24N4S2. The fraction of sp³-hybridized carbons (Fsp3) is 1.00. The second kappa shape index (κ2) is 9.56. The van der Waals surface area contributed by atoms with Crippen molar-refractivity contribution >= 4 is 21.6 Å². The topological polar surface area (TPSA) is 53.3 Å². The van der Waals surface area contributed by atoms with Gasteiger partial charge in [-0.25, -0.2) is 0 Å². The summed E-state index contributed by atoms with van der Waals surface area (Å²) in [5, 5.41) is 6.91. The van der Waals surface area contributed by atoms with Crippen LogP contribution in [-0.4, -0.2) is 61.8 Å². The summed E-state index contributed by atoms with van der Waals surface area (Å²) in [6.45, 7) is 8.40. The van der Waals surface area contributed by atoms with Crippen LogP contribution in [-0.2, 0) is 0 Å². The molecular weight excluding hydrogens is 240 g/mol. The molecule has 4 nitrogen and oxygen atoms in total. The number of hydrogen-bond acceptors (Lipinski definition) is 6. The summed E-state index contributed by atoms with van der Waals surface area (Å²) in [6.07, 6.45) is 0.150. The van der Waals surface area contributed by atoms with E-state index in [-0.39, 0.29) is 6.17 Å². The Morgan fingerprint density at radius 1 is 1.00 bits per heavy atom. The van der Waals surface area contributed by atoms with E-state index in [1.165, 1.54) is 11.5 Å². The van der Waals surface area contributed by atoms with Crippen molar-refractivity contribution in [1.29, 1.82) is 0 Å². The highest BCUT2D eigenvalue weighted by Gasteiger charge is 2.08. The van der Waals surface area contributed by atoms with Crippen molar-refractivity contribution in [3.63, 3.8) is 0 Å². The third kappa shape index (κ3) is 6.98. The summed E-state index contributed by atoms with van der Waals surface area (Å²) in [4.78, 5) is 2.32. The minimum absolute atomic E-state index is 0.150. The van der Waals surface area contributed by atoms with Crippen molar-refractivity contribution in [1.82, 2.24) is 15.5 Å². The lowest BCUT2D eigenvalue weighted by Gasteiger charge is -2.26. The van der Waals surface area contributed by atoms with Gasteiger partial charge in [-0.1, -0.05) is 21.6 Å². The molecule has 1 heterocycles. The smallest absolute Gasteiger partial charge is 0.0543 e. The third-order valence-electron chi connectivity index (χ3n) is 2.54. The molecule has 0 radical (unpaired) electrons. The largest absolute Gasteiger partial charge is 0.316 e. The van der Waals surface area contributed by atoms with E-state index in [1.807, 2.05) is 21.6 Å². The van der Waals surface area contributed by atoms with Crippen LogP contribution in [0.5, 0.6) is 0 Å². The summed E-state index contributed by atoms with van der Waals surface area (Å²) in [5.74, 6) is 2.37. The number of nitrogens with zero attached hydrogens (tertiary/aromatic N) is 1. The van der Waals surface area contributed by atoms with Crippen LogP contribution >= 0.6 is 21.6 Å². The van der Waals surface area contributed by atoms with E-state index in [9.17, 15) is 0 Å². The zero-order chi connectivity index (χ0) is 11.6. The number of hydrogen-bond donors (Lipinski definition) is 3. The Morgan fingerprint density at radius 2 is 1.50 bits per heavy atom. The average Bonchev–Trinajstić information content (AvgIpc) is 2.28. The van der Waals surface area contributed by atoms with Crippen LogP contribution < -0.4 is 16.4 Å². The number of nitrogens with two attached hydrogens (primary N) is 1. The maximum absolute atomic E-state index is 5.94. The van der Waals surface area contributed by atoms with E-state index in [2.05, 4.69) is 22.5 Å². The van der Waals surface area contributed by atoms with Crippen LogP contribution in [0.2, 0.25) is 0 Å². The Labute approximate surface area is 107 Å². The summed E-state index contributed by atoms with van der Waals surface area (Å²) >= 11 is 0. The second-order valence-electron chi connectivity index (χ2n) is 3.92. The van der Waals surface area contributed by atoms with Crippen molar-refractivity contribution in [2.75, 3.05) is 50.8 Å². The van der Waals surface area contributed by atoms with Crippen molar-refractivity contribution in [3.05, 3.63) is 0 Å². The quantitative estimate of drug-likeness (QED) is 0.587. The zero-order valence-corrected chi connectivity index (χ0v) is 11.7. The monoisotopic (exact) mass is 264 g/mol. The number of rotatable bonds is 1. The van der Waals surface area contributed by atoms with Crippen LogP contribution in [0.3, 0.4) is 0 Å². The van der Waals surface area contributed by atoms with Gasteiger partial charge < -0.3 is 16.4 Å². The fourth-order valence-electron chi connectivity index (χ4n) is 1.56. The Hall–Kier alpha value is 0.540. The first-order chi connectivity index (χ1) is 7.80. The Bertz CT molecular complexity index is 155. The van der Waals surface area contributed by atoms with Crippen molar-refractivity contribution < 1.29 is 0 Å². The standard InChI is InChI=1S/C10H24N4S2/c1-10(11)14-6-2-12-4-8-15-16-9-5-13-3-7-14/h10,12-13H,2-9,11H2,1H3. The van der Waals surface area contributed by atoms with Gasteiger partial charge in [-0.3, -0.25) is 4.90 Å². The molecule has 0 aromatic carbocycles. The van der Waals surface area contributed by atoms with Crippen LogP contribution in [0, 0.1) is 0 Å². The van der Waals surface area contributed by atoms with Crippen LogP contribution in [0.4, 0.5) is 0 Å². The van der Waals surface area contributed by atoms with E-state index in [1.54, 1.807) is 0 Å². The molecule has 1 aliphatic rings. The molecule has 0 aliphatic carbocycles. The van der Waals surface area contributed by atoms with Crippen molar-refractivity contribution in [2.24, 2.45) is 5.73 Å². The lowest BCUT2D eigenvalue weighted by molar-refractivity contribution is 0.214. The molecule has 0 aromatic rings. The average molecular weight is 264 g/mol. The van der Waals surface area contributed by atoms with Gasteiger partial charge in [-0.2, -0.15) is 0 Å². The molecule has 1 aliphatic heterocycles. The van der Waals surface area contributed by atoms with Gasteiger partial charge in [0.25, 0.3) is 0 Å². The first-order valence-corrected chi connectivity index (χ1v) is 8.45. The van der Waals surface area contributed by atoms with Gasteiger partial charge in [0.05, 0.1) is 6.17 Å². The third-order valence-corrected chi connectivity index (χ3v) is 4.94. The fourth-order valence-corrected chi connectivity index (χ4v) is 3.46. The molecule has 1 saturated heterocycles. The molecule has 0 amide bonds. The van der Waals surface area contributed by atoms with E-state index >= 15 is 0 Å². The maximum Gasteiger partial charge on any atom is 0.0543 e. The predicted octanol–water partition coefficient (Wildman–Crippen LogP) is 0.167. The highest BCUT2D eigenvalue weighted by atomic mass is 33.1. The van der Waals surface area contributed by atoms with Gasteiger partial charge in [-0.05, 0) is 6.92 Å². The minimum atomic E-state index is 0.150. The van der Waals surface area contributed by atoms with E-state index in [0.29, 0.717) is 0 Å². The zero-order valence-electron chi connectivity index (χ0n) is 10.1. The van der Waals surface area contributed by atoms with Crippen LogP contribution in [0.1, 0.15) is 6.92 Å². The number of nitrogens with one attached hydrogen (secondary N) is 2. The minimum Gasteiger partial charge on any atom is -0.316 e. The molecule has 1 fully saturated rings. The van der Waals surface area contributed by atoms with Gasteiger partial charge in [0.2, 0.25) is 0 Å². The molecule has 1 unspecified atom stereocenters. The highest BCUT2D eigenvalue weighted by Crippen LogP contribution is 2.19. The SMILES string of the molecule is CC(N)N1CCNCCSSCCNCC1.